The van der Waals surface area contributed by atoms with Gasteiger partial charge in [-0.05, 0) is 6.07 Å². The molecule has 0 spiro atoms. The molecule has 0 aromatic carbocycles. The summed E-state index contributed by atoms with van der Waals surface area (Å²) >= 11 is 0. The lowest BCUT2D eigenvalue weighted by molar-refractivity contribution is 0.0679. The van der Waals surface area contributed by atoms with Gasteiger partial charge >= 0.3 is 5.97 Å². The van der Waals surface area contributed by atoms with Crippen LogP contribution >= 0.6 is 0 Å². The molecule has 0 saturated heterocycles. The Labute approximate surface area is 136 Å². The van der Waals surface area contributed by atoms with Gasteiger partial charge in [-0.3, -0.25) is 14.3 Å². The molecule has 0 atom stereocenters. The first-order valence-corrected chi connectivity index (χ1v) is 7.55. The van der Waals surface area contributed by atoms with Gasteiger partial charge in [-0.15, -0.1) is 0 Å². The van der Waals surface area contributed by atoms with E-state index >= 15 is 0 Å². The Morgan fingerprint density at radius 3 is 2.71 bits per heavy atom. The third-order valence-electron chi connectivity index (χ3n) is 3.90. The molecule has 0 aliphatic carbocycles. The number of rotatable bonds is 3. The highest BCUT2D eigenvalue weighted by Gasteiger charge is 2.26. The number of carbonyl (C=O) groups is 2. The zero-order valence-electron chi connectivity index (χ0n) is 13.3. The first-order valence-electron chi connectivity index (χ1n) is 7.55. The highest BCUT2D eigenvalue weighted by molar-refractivity contribution is 5.93. The molecular formula is C15H17N5O4. The average molecular weight is 331 g/mol. The normalized spacial score (nSPS) is 13.9. The van der Waals surface area contributed by atoms with Gasteiger partial charge in [-0.1, -0.05) is 13.8 Å². The van der Waals surface area contributed by atoms with Gasteiger partial charge in [-0.25, -0.2) is 9.78 Å². The summed E-state index contributed by atoms with van der Waals surface area (Å²) in [7, 11) is 0. The van der Waals surface area contributed by atoms with E-state index in [1.807, 2.05) is 13.8 Å². The van der Waals surface area contributed by atoms with Gasteiger partial charge in [0.25, 0.3) is 11.5 Å². The maximum atomic E-state index is 12.6. The molecule has 0 saturated carbocycles. The highest BCUT2D eigenvalue weighted by atomic mass is 16.4. The fraction of sp³-hybridized carbons (Fsp3) is 0.400. The van der Waals surface area contributed by atoms with Crippen molar-refractivity contribution in [3.63, 3.8) is 0 Å². The van der Waals surface area contributed by atoms with Crippen molar-refractivity contribution in [1.82, 2.24) is 24.6 Å². The SMILES string of the molecule is CC(C)c1ncc(C(=O)N2CCn3nc(C(=O)O)cc3C2)c(=O)[nH]1. The van der Waals surface area contributed by atoms with Crippen LogP contribution in [0.3, 0.4) is 0 Å². The molecule has 9 nitrogen and oxygen atoms in total. The number of carboxylic acid groups (broad SMARTS) is 1. The Bertz CT molecular complexity index is 867. The van der Waals surface area contributed by atoms with Crippen molar-refractivity contribution in [2.24, 2.45) is 0 Å². The second-order valence-electron chi connectivity index (χ2n) is 5.94. The largest absolute Gasteiger partial charge is 0.476 e. The fourth-order valence-electron chi connectivity index (χ4n) is 2.57. The van der Waals surface area contributed by atoms with E-state index in [2.05, 4.69) is 15.1 Å². The van der Waals surface area contributed by atoms with Crippen LogP contribution in [0.1, 0.15) is 52.1 Å². The average Bonchev–Trinajstić information content (AvgIpc) is 2.97. The van der Waals surface area contributed by atoms with Crippen LogP contribution < -0.4 is 5.56 Å². The number of aromatic amines is 1. The van der Waals surface area contributed by atoms with Crippen LogP contribution in [0.25, 0.3) is 0 Å². The van der Waals surface area contributed by atoms with Crippen molar-refractivity contribution in [2.45, 2.75) is 32.9 Å². The van der Waals surface area contributed by atoms with E-state index in [4.69, 9.17) is 5.11 Å². The van der Waals surface area contributed by atoms with Gasteiger partial charge in [0.15, 0.2) is 5.69 Å². The predicted octanol–water partition coefficient (Wildman–Crippen LogP) is 0.444. The number of hydrogen-bond donors (Lipinski definition) is 2. The monoisotopic (exact) mass is 331 g/mol. The fourth-order valence-corrected chi connectivity index (χ4v) is 2.57. The molecule has 24 heavy (non-hydrogen) atoms. The highest BCUT2D eigenvalue weighted by Crippen LogP contribution is 2.15. The van der Waals surface area contributed by atoms with Gasteiger partial charge in [-0.2, -0.15) is 5.10 Å². The van der Waals surface area contributed by atoms with Crippen molar-refractivity contribution in [3.05, 3.63) is 45.4 Å². The Balaban J connectivity index is 1.84. The molecule has 126 valence electrons. The van der Waals surface area contributed by atoms with Gasteiger partial charge < -0.3 is 15.0 Å². The number of carbonyl (C=O) groups excluding carboxylic acids is 1. The summed E-state index contributed by atoms with van der Waals surface area (Å²) < 4.78 is 1.57. The zero-order chi connectivity index (χ0) is 17.4. The summed E-state index contributed by atoms with van der Waals surface area (Å²) in [5.41, 5.74) is 0.0742. The van der Waals surface area contributed by atoms with E-state index in [9.17, 15) is 14.4 Å². The Morgan fingerprint density at radius 1 is 1.33 bits per heavy atom. The molecule has 3 heterocycles. The number of aromatic nitrogens is 4. The van der Waals surface area contributed by atoms with Crippen LogP contribution in [0.4, 0.5) is 0 Å². The summed E-state index contributed by atoms with van der Waals surface area (Å²) in [5, 5.41) is 12.9. The molecule has 9 heteroatoms. The predicted molar refractivity (Wildman–Crippen MR) is 82.9 cm³/mol. The van der Waals surface area contributed by atoms with E-state index in [1.54, 1.807) is 4.68 Å². The number of aromatic carboxylic acids is 1. The van der Waals surface area contributed by atoms with Crippen molar-refractivity contribution in [2.75, 3.05) is 6.54 Å². The number of nitrogens with one attached hydrogen (secondary N) is 1. The maximum Gasteiger partial charge on any atom is 0.356 e. The quantitative estimate of drug-likeness (QED) is 0.842. The standard InChI is InChI=1S/C15H17N5O4/c1-8(2)12-16-6-10(13(21)17-12)14(22)19-3-4-20-9(7-19)5-11(18-20)15(23)24/h5-6,8H,3-4,7H2,1-2H3,(H,23,24)(H,16,17,21). The number of hydrogen-bond acceptors (Lipinski definition) is 5. The minimum atomic E-state index is -1.11. The number of carboxylic acids is 1. The second-order valence-corrected chi connectivity index (χ2v) is 5.94. The smallest absolute Gasteiger partial charge is 0.356 e. The lowest BCUT2D eigenvalue weighted by Crippen LogP contribution is -2.40. The van der Waals surface area contributed by atoms with Crippen LogP contribution in [0.15, 0.2) is 17.1 Å². The number of fused-ring (bicyclic) bond motifs is 1. The molecule has 0 fully saturated rings. The van der Waals surface area contributed by atoms with Gasteiger partial charge in [0.1, 0.15) is 11.4 Å². The molecular weight excluding hydrogens is 314 g/mol. The zero-order valence-corrected chi connectivity index (χ0v) is 13.3. The molecule has 2 aromatic rings. The van der Waals surface area contributed by atoms with E-state index < -0.39 is 17.4 Å². The van der Waals surface area contributed by atoms with E-state index in [0.29, 0.717) is 24.6 Å². The van der Waals surface area contributed by atoms with Gasteiger partial charge in [0.05, 0.1) is 18.8 Å². The molecule has 1 amide bonds. The van der Waals surface area contributed by atoms with E-state index in [0.717, 1.165) is 0 Å². The third-order valence-corrected chi connectivity index (χ3v) is 3.90. The molecule has 2 N–H and O–H groups in total. The van der Waals surface area contributed by atoms with E-state index in [1.165, 1.54) is 17.2 Å². The maximum absolute atomic E-state index is 12.6. The molecule has 0 radical (unpaired) electrons. The number of amides is 1. The lowest BCUT2D eigenvalue weighted by Gasteiger charge is -2.27. The molecule has 0 bridgehead atoms. The summed E-state index contributed by atoms with van der Waals surface area (Å²) in [5.74, 6) is -0.955. The summed E-state index contributed by atoms with van der Waals surface area (Å²) in [6.07, 6.45) is 1.30. The topological polar surface area (TPSA) is 121 Å². The van der Waals surface area contributed by atoms with Crippen LogP contribution in [-0.4, -0.2) is 48.2 Å². The number of nitrogens with zero attached hydrogens (tertiary/aromatic N) is 4. The van der Waals surface area contributed by atoms with Crippen LogP contribution in [0, 0.1) is 0 Å². The Kier molecular flexibility index (Phi) is 3.92. The minimum Gasteiger partial charge on any atom is -0.476 e. The van der Waals surface area contributed by atoms with Crippen molar-refractivity contribution in [1.29, 1.82) is 0 Å². The summed E-state index contributed by atoms with van der Waals surface area (Å²) in [4.78, 5) is 43.9. The first kappa shape index (κ1) is 15.9. The molecule has 2 aromatic heterocycles. The Hall–Kier alpha value is -2.97. The summed E-state index contributed by atoms with van der Waals surface area (Å²) in [6.45, 7) is 4.71. The third kappa shape index (κ3) is 2.80. The van der Waals surface area contributed by atoms with Crippen molar-refractivity contribution >= 4 is 11.9 Å². The van der Waals surface area contributed by atoms with Crippen LogP contribution in [-0.2, 0) is 13.1 Å². The van der Waals surface area contributed by atoms with Gasteiger partial charge in [0.2, 0.25) is 0 Å². The molecule has 1 aliphatic heterocycles. The first-order chi connectivity index (χ1) is 11.4. The van der Waals surface area contributed by atoms with Crippen LogP contribution in [0.5, 0.6) is 0 Å². The Morgan fingerprint density at radius 2 is 2.08 bits per heavy atom. The molecule has 0 unspecified atom stereocenters. The van der Waals surface area contributed by atoms with Crippen LogP contribution in [0.2, 0.25) is 0 Å². The minimum absolute atomic E-state index is 0.0224. The van der Waals surface area contributed by atoms with Gasteiger partial charge in [0, 0.05) is 18.7 Å². The van der Waals surface area contributed by atoms with Crippen molar-refractivity contribution in [3.8, 4) is 0 Å². The summed E-state index contributed by atoms with van der Waals surface area (Å²) in [6, 6.07) is 1.44. The molecule has 3 rings (SSSR count). The van der Waals surface area contributed by atoms with E-state index in [-0.39, 0.29) is 23.7 Å². The lowest BCUT2D eigenvalue weighted by atomic mass is 10.2. The molecule has 1 aliphatic rings. The second kappa shape index (κ2) is 5.91. The van der Waals surface area contributed by atoms with Crippen molar-refractivity contribution < 1.29 is 14.7 Å². The number of H-pyrrole nitrogens is 1.